The lowest BCUT2D eigenvalue weighted by atomic mass is 10.0. The van der Waals surface area contributed by atoms with Gasteiger partial charge in [-0.25, -0.2) is 4.79 Å². The van der Waals surface area contributed by atoms with E-state index in [0.29, 0.717) is 51.1 Å². The van der Waals surface area contributed by atoms with Gasteiger partial charge in [0.1, 0.15) is 23.8 Å². The zero-order valence-corrected chi connectivity index (χ0v) is 21.8. The number of carbonyl (C=O) groups is 1. The van der Waals surface area contributed by atoms with Crippen LogP contribution in [-0.2, 0) is 19.7 Å². The van der Waals surface area contributed by atoms with E-state index in [9.17, 15) is 9.90 Å². The van der Waals surface area contributed by atoms with Gasteiger partial charge in [0, 0.05) is 30.6 Å². The molecule has 1 aliphatic heterocycles. The van der Waals surface area contributed by atoms with Crippen molar-refractivity contribution in [2.24, 2.45) is 0 Å². The second kappa shape index (κ2) is 9.60. The fraction of sp³-hybridized carbons (Fsp3) is 0.214. The van der Waals surface area contributed by atoms with Gasteiger partial charge in [0.15, 0.2) is 0 Å². The standard InChI is InChI=1S/C28H21Cl3N2O4/c29-21-2-1-3-22(30)25(21)26-20(27(37-32-26)15-4-5-15)14-36-19-8-9-24(23(31)11-19)33-12-17-7-6-16(28(34)35)10-18(17)13-33/h1-3,6-11,15H,4-5,12-14H2,(H,34,35). The van der Waals surface area contributed by atoms with Crippen LogP contribution in [0.1, 0.15) is 51.6 Å². The number of hydrogen-bond acceptors (Lipinski definition) is 5. The molecule has 6 nitrogen and oxygen atoms in total. The fourth-order valence-corrected chi connectivity index (χ4v) is 5.60. The molecule has 0 unspecified atom stereocenters. The second-order valence-corrected chi connectivity index (χ2v) is 10.5. The minimum Gasteiger partial charge on any atom is -0.489 e. The Kier molecular flexibility index (Phi) is 6.27. The first-order chi connectivity index (χ1) is 17.9. The van der Waals surface area contributed by atoms with Gasteiger partial charge >= 0.3 is 5.97 Å². The predicted molar refractivity (Wildman–Crippen MR) is 143 cm³/mol. The molecular formula is C28H21Cl3N2O4. The molecule has 0 radical (unpaired) electrons. The smallest absolute Gasteiger partial charge is 0.335 e. The maximum atomic E-state index is 11.3. The monoisotopic (exact) mass is 554 g/mol. The zero-order valence-electron chi connectivity index (χ0n) is 19.5. The number of halogens is 3. The van der Waals surface area contributed by atoms with E-state index in [1.165, 1.54) is 0 Å². The predicted octanol–water partition coefficient (Wildman–Crippen LogP) is 7.98. The van der Waals surface area contributed by atoms with Crippen molar-refractivity contribution in [2.45, 2.75) is 38.5 Å². The average Bonchev–Trinajstić information content (AvgIpc) is 3.49. The fourth-order valence-electron chi connectivity index (χ4n) is 4.74. The number of ether oxygens (including phenoxy) is 1. The largest absolute Gasteiger partial charge is 0.489 e. The van der Waals surface area contributed by atoms with E-state index in [1.54, 1.807) is 36.4 Å². The molecule has 1 N–H and O–H groups in total. The van der Waals surface area contributed by atoms with Gasteiger partial charge in [-0.2, -0.15) is 0 Å². The van der Waals surface area contributed by atoms with Crippen LogP contribution in [0.5, 0.6) is 5.75 Å². The number of anilines is 1. The van der Waals surface area contributed by atoms with Crippen molar-refractivity contribution in [3.8, 4) is 17.0 Å². The molecule has 0 saturated heterocycles. The summed E-state index contributed by atoms with van der Waals surface area (Å²) in [5.74, 6) is 0.811. The van der Waals surface area contributed by atoms with Crippen molar-refractivity contribution < 1.29 is 19.2 Å². The Labute approximate surface area is 228 Å². The van der Waals surface area contributed by atoms with Crippen molar-refractivity contribution in [1.82, 2.24) is 5.16 Å². The SMILES string of the molecule is O=C(O)c1ccc2c(c1)CN(c1ccc(OCc3c(-c4c(Cl)cccc4Cl)noc3C3CC3)cc1Cl)C2. The van der Waals surface area contributed by atoms with Gasteiger partial charge in [0.05, 0.1) is 31.9 Å². The maximum absolute atomic E-state index is 11.3. The van der Waals surface area contributed by atoms with Crippen molar-refractivity contribution in [3.05, 3.63) is 97.7 Å². The van der Waals surface area contributed by atoms with Crippen LogP contribution in [0.4, 0.5) is 5.69 Å². The summed E-state index contributed by atoms with van der Waals surface area (Å²) in [6.07, 6.45) is 2.09. The first-order valence-corrected chi connectivity index (χ1v) is 13.0. The Balaban J connectivity index is 1.22. The summed E-state index contributed by atoms with van der Waals surface area (Å²) < 4.78 is 11.9. The van der Waals surface area contributed by atoms with Crippen LogP contribution in [0.15, 0.2) is 59.1 Å². The highest BCUT2D eigenvalue weighted by Crippen LogP contribution is 2.46. The molecule has 1 aliphatic carbocycles. The van der Waals surface area contributed by atoms with Crippen molar-refractivity contribution >= 4 is 46.5 Å². The molecule has 1 aromatic heterocycles. The molecule has 6 rings (SSSR count). The summed E-state index contributed by atoms with van der Waals surface area (Å²) in [5.41, 5.74) is 5.28. The van der Waals surface area contributed by atoms with Crippen LogP contribution in [-0.4, -0.2) is 16.2 Å². The molecule has 0 spiro atoms. The van der Waals surface area contributed by atoms with Crippen molar-refractivity contribution in [2.75, 3.05) is 4.90 Å². The lowest BCUT2D eigenvalue weighted by Crippen LogP contribution is -2.14. The van der Waals surface area contributed by atoms with Crippen LogP contribution < -0.4 is 9.64 Å². The summed E-state index contributed by atoms with van der Waals surface area (Å²) in [4.78, 5) is 13.4. The lowest BCUT2D eigenvalue weighted by molar-refractivity contribution is 0.0696. The Hall–Kier alpha value is -3.19. The third-order valence-corrected chi connectivity index (χ3v) is 7.72. The van der Waals surface area contributed by atoms with Gasteiger partial charge in [0.25, 0.3) is 0 Å². The number of carboxylic acids is 1. The highest BCUT2D eigenvalue weighted by molar-refractivity contribution is 6.39. The molecule has 2 aliphatic rings. The Morgan fingerprint density at radius 3 is 2.46 bits per heavy atom. The number of hydrogen-bond donors (Lipinski definition) is 1. The minimum atomic E-state index is -0.932. The number of fused-ring (bicyclic) bond motifs is 1. The summed E-state index contributed by atoms with van der Waals surface area (Å²) in [6, 6.07) is 16.1. The molecule has 2 heterocycles. The van der Waals surface area contributed by atoms with E-state index >= 15 is 0 Å². The Morgan fingerprint density at radius 2 is 1.76 bits per heavy atom. The first kappa shape index (κ1) is 24.2. The van der Waals surface area contributed by atoms with Crippen LogP contribution in [0.25, 0.3) is 11.3 Å². The molecule has 0 amide bonds. The highest BCUT2D eigenvalue weighted by Gasteiger charge is 2.33. The van der Waals surface area contributed by atoms with Crippen LogP contribution >= 0.6 is 34.8 Å². The number of carboxylic acid groups (broad SMARTS) is 1. The van der Waals surface area contributed by atoms with E-state index in [4.69, 9.17) is 44.1 Å². The summed E-state index contributed by atoms with van der Waals surface area (Å²) in [6.45, 7) is 1.47. The van der Waals surface area contributed by atoms with E-state index in [1.807, 2.05) is 18.2 Å². The highest BCUT2D eigenvalue weighted by atomic mass is 35.5. The number of nitrogens with zero attached hydrogens (tertiary/aromatic N) is 2. The Bertz CT molecular complexity index is 1510. The average molecular weight is 556 g/mol. The molecule has 0 atom stereocenters. The third-order valence-electron chi connectivity index (χ3n) is 6.78. The first-order valence-electron chi connectivity index (χ1n) is 11.8. The maximum Gasteiger partial charge on any atom is 0.335 e. The van der Waals surface area contributed by atoms with E-state index in [2.05, 4.69) is 10.1 Å². The topological polar surface area (TPSA) is 75.8 Å². The molecule has 188 valence electrons. The van der Waals surface area contributed by atoms with Gasteiger partial charge in [-0.3, -0.25) is 0 Å². The van der Waals surface area contributed by atoms with Gasteiger partial charge in [-0.15, -0.1) is 0 Å². The van der Waals surface area contributed by atoms with Crippen molar-refractivity contribution in [3.63, 3.8) is 0 Å². The Morgan fingerprint density at radius 1 is 1.00 bits per heavy atom. The number of aromatic nitrogens is 1. The van der Waals surface area contributed by atoms with Crippen molar-refractivity contribution in [1.29, 1.82) is 0 Å². The molecule has 9 heteroatoms. The third kappa shape index (κ3) is 4.65. The zero-order chi connectivity index (χ0) is 25.7. The van der Waals surface area contributed by atoms with E-state index in [-0.39, 0.29) is 12.2 Å². The summed E-state index contributed by atoms with van der Waals surface area (Å²) in [7, 11) is 0. The van der Waals surface area contributed by atoms with E-state index < -0.39 is 5.97 Å². The quantitative estimate of drug-likeness (QED) is 0.249. The minimum absolute atomic E-state index is 0.231. The van der Waals surface area contributed by atoms with Crippen LogP contribution in [0.3, 0.4) is 0 Å². The van der Waals surface area contributed by atoms with Crippen LogP contribution in [0.2, 0.25) is 15.1 Å². The van der Waals surface area contributed by atoms with Gasteiger partial charge in [-0.1, -0.05) is 52.1 Å². The number of benzene rings is 3. The molecule has 37 heavy (non-hydrogen) atoms. The normalized spacial score (nSPS) is 14.6. The second-order valence-electron chi connectivity index (χ2n) is 9.29. The molecule has 1 fully saturated rings. The molecular weight excluding hydrogens is 535 g/mol. The number of aromatic carboxylic acids is 1. The van der Waals surface area contributed by atoms with Gasteiger partial charge < -0.3 is 19.3 Å². The number of rotatable bonds is 7. The molecule has 1 saturated carbocycles. The molecule has 4 aromatic rings. The van der Waals surface area contributed by atoms with Gasteiger partial charge in [-0.05, 0) is 60.4 Å². The molecule has 3 aromatic carbocycles. The lowest BCUT2D eigenvalue weighted by Gasteiger charge is -2.20. The summed E-state index contributed by atoms with van der Waals surface area (Å²) >= 11 is 19.6. The van der Waals surface area contributed by atoms with Crippen LogP contribution in [0, 0.1) is 0 Å². The summed E-state index contributed by atoms with van der Waals surface area (Å²) in [5, 5.41) is 15.1. The van der Waals surface area contributed by atoms with Gasteiger partial charge in [0.2, 0.25) is 0 Å². The van der Waals surface area contributed by atoms with E-state index in [0.717, 1.165) is 41.0 Å². The molecule has 0 bridgehead atoms.